The van der Waals surface area contributed by atoms with Crippen LogP contribution in [0.25, 0.3) is 0 Å². The fourth-order valence-electron chi connectivity index (χ4n) is 1.76. The van der Waals surface area contributed by atoms with Gasteiger partial charge in [0.15, 0.2) is 0 Å². The fourth-order valence-corrected chi connectivity index (χ4v) is 1.76. The normalized spacial score (nSPS) is 26.6. The zero-order valence-corrected chi connectivity index (χ0v) is 9.88. The number of methoxy groups -OCH3 is 1. The van der Waals surface area contributed by atoms with E-state index in [-0.39, 0.29) is 24.1 Å². The van der Waals surface area contributed by atoms with Gasteiger partial charge in [0.2, 0.25) is 5.91 Å². The number of rotatable bonds is 4. The van der Waals surface area contributed by atoms with Crippen LogP contribution in [0.15, 0.2) is 0 Å². The first-order valence-electron chi connectivity index (χ1n) is 5.71. The number of carbonyl (C=O) groups excluding carboxylic acids is 1. The Balaban J connectivity index is 2.44. The van der Waals surface area contributed by atoms with Crippen molar-refractivity contribution in [3.8, 4) is 0 Å². The van der Waals surface area contributed by atoms with E-state index in [1.54, 1.807) is 7.11 Å². The van der Waals surface area contributed by atoms with Gasteiger partial charge in [-0.3, -0.25) is 4.79 Å². The first-order valence-corrected chi connectivity index (χ1v) is 5.71. The van der Waals surface area contributed by atoms with Gasteiger partial charge in [0.25, 0.3) is 0 Å². The summed E-state index contributed by atoms with van der Waals surface area (Å²) in [7, 11) is 1.69. The van der Waals surface area contributed by atoms with Crippen LogP contribution in [-0.4, -0.2) is 37.7 Å². The molecule has 0 aliphatic carbocycles. The molecular formula is C11H22N2O2. The van der Waals surface area contributed by atoms with Crippen LogP contribution >= 0.6 is 0 Å². The van der Waals surface area contributed by atoms with E-state index in [2.05, 4.69) is 10.6 Å². The first-order chi connectivity index (χ1) is 7.15. The molecule has 3 unspecified atom stereocenters. The molecule has 1 aliphatic heterocycles. The summed E-state index contributed by atoms with van der Waals surface area (Å²) < 4.78 is 5.23. The molecule has 1 heterocycles. The van der Waals surface area contributed by atoms with Gasteiger partial charge in [-0.2, -0.15) is 0 Å². The molecule has 15 heavy (non-hydrogen) atoms. The third-order valence-electron chi connectivity index (χ3n) is 3.08. The molecule has 1 fully saturated rings. The molecule has 4 nitrogen and oxygen atoms in total. The maximum Gasteiger partial charge on any atom is 0.237 e. The highest BCUT2D eigenvalue weighted by Gasteiger charge is 2.23. The van der Waals surface area contributed by atoms with Crippen molar-refractivity contribution in [2.75, 3.05) is 13.7 Å². The first kappa shape index (κ1) is 12.5. The largest absolute Gasteiger partial charge is 0.380 e. The van der Waals surface area contributed by atoms with Crippen molar-refractivity contribution >= 4 is 5.91 Å². The van der Waals surface area contributed by atoms with Gasteiger partial charge in [-0.1, -0.05) is 0 Å². The minimum absolute atomic E-state index is 0.0555. The van der Waals surface area contributed by atoms with Gasteiger partial charge in [0.1, 0.15) is 0 Å². The summed E-state index contributed by atoms with van der Waals surface area (Å²) in [6, 6.07) is 0.143. The molecule has 1 aliphatic rings. The maximum absolute atomic E-state index is 11.6. The Kier molecular flexibility index (Phi) is 5.05. The van der Waals surface area contributed by atoms with Gasteiger partial charge in [0.05, 0.1) is 12.1 Å². The van der Waals surface area contributed by atoms with E-state index in [0.717, 1.165) is 25.8 Å². The molecule has 0 bridgehead atoms. The number of carbonyl (C=O) groups is 1. The van der Waals surface area contributed by atoms with Gasteiger partial charge >= 0.3 is 0 Å². The van der Waals surface area contributed by atoms with Gasteiger partial charge in [0, 0.05) is 19.7 Å². The van der Waals surface area contributed by atoms with Crippen molar-refractivity contribution in [3.05, 3.63) is 0 Å². The van der Waals surface area contributed by atoms with Gasteiger partial charge < -0.3 is 15.4 Å². The second kappa shape index (κ2) is 6.08. The molecule has 0 radical (unpaired) electrons. The lowest BCUT2D eigenvalue weighted by Gasteiger charge is -2.24. The monoisotopic (exact) mass is 214 g/mol. The van der Waals surface area contributed by atoms with E-state index in [4.69, 9.17) is 4.74 Å². The molecule has 1 amide bonds. The molecule has 1 saturated heterocycles. The Hall–Kier alpha value is -0.610. The minimum Gasteiger partial charge on any atom is -0.380 e. The smallest absolute Gasteiger partial charge is 0.237 e. The standard InChI is InChI=1S/C11H22N2O2/c1-8(9(2)15-3)13-10-6-4-5-7-12-11(10)14/h8-10,13H,4-7H2,1-3H3,(H,12,14). The van der Waals surface area contributed by atoms with Crippen LogP contribution in [0.2, 0.25) is 0 Å². The van der Waals surface area contributed by atoms with E-state index in [9.17, 15) is 4.79 Å². The summed E-state index contributed by atoms with van der Waals surface area (Å²) >= 11 is 0. The molecule has 0 aromatic carbocycles. The van der Waals surface area contributed by atoms with Crippen molar-refractivity contribution < 1.29 is 9.53 Å². The molecular weight excluding hydrogens is 192 g/mol. The van der Waals surface area contributed by atoms with Gasteiger partial charge in [-0.05, 0) is 33.1 Å². The van der Waals surface area contributed by atoms with Gasteiger partial charge in [-0.25, -0.2) is 0 Å². The highest BCUT2D eigenvalue weighted by Crippen LogP contribution is 2.07. The van der Waals surface area contributed by atoms with Crippen LogP contribution in [0.1, 0.15) is 33.1 Å². The van der Waals surface area contributed by atoms with Crippen molar-refractivity contribution in [1.29, 1.82) is 0 Å². The zero-order chi connectivity index (χ0) is 11.3. The summed E-state index contributed by atoms with van der Waals surface area (Å²) in [5.74, 6) is 0.127. The Morgan fingerprint density at radius 3 is 2.87 bits per heavy atom. The molecule has 88 valence electrons. The van der Waals surface area contributed by atoms with Crippen molar-refractivity contribution in [2.45, 2.75) is 51.3 Å². The average Bonchev–Trinajstić information content (AvgIpc) is 2.43. The maximum atomic E-state index is 11.6. The number of hydrogen-bond donors (Lipinski definition) is 2. The summed E-state index contributed by atoms with van der Waals surface area (Å²) in [4.78, 5) is 11.6. The van der Waals surface area contributed by atoms with Crippen LogP contribution < -0.4 is 10.6 Å². The lowest BCUT2D eigenvalue weighted by molar-refractivity contribution is -0.123. The van der Waals surface area contributed by atoms with E-state index in [0.29, 0.717) is 0 Å². The van der Waals surface area contributed by atoms with Crippen molar-refractivity contribution in [2.24, 2.45) is 0 Å². The van der Waals surface area contributed by atoms with Crippen LogP contribution in [0.4, 0.5) is 0 Å². The SMILES string of the molecule is COC(C)C(C)NC1CCCCNC1=O. The topological polar surface area (TPSA) is 50.4 Å². The number of hydrogen-bond acceptors (Lipinski definition) is 3. The van der Waals surface area contributed by atoms with Crippen LogP contribution in [0, 0.1) is 0 Å². The highest BCUT2D eigenvalue weighted by atomic mass is 16.5. The zero-order valence-electron chi connectivity index (χ0n) is 9.88. The Bertz CT molecular complexity index is 209. The van der Waals surface area contributed by atoms with E-state index < -0.39 is 0 Å². The second-order valence-corrected chi connectivity index (χ2v) is 4.24. The molecule has 1 rings (SSSR count). The molecule has 3 atom stereocenters. The third kappa shape index (κ3) is 3.80. The number of ether oxygens (including phenoxy) is 1. The Morgan fingerprint density at radius 1 is 1.47 bits per heavy atom. The highest BCUT2D eigenvalue weighted by molar-refractivity contribution is 5.81. The molecule has 0 aromatic rings. The average molecular weight is 214 g/mol. The molecule has 2 N–H and O–H groups in total. The summed E-state index contributed by atoms with van der Waals surface area (Å²) in [5.41, 5.74) is 0. The lowest BCUT2D eigenvalue weighted by Crippen LogP contribution is -2.49. The second-order valence-electron chi connectivity index (χ2n) is 4.24. The molecule has 0 aromatic heterocycles. The van der Waals surface area contributed by atoms with Crippen LogP contribution in [0.3, 0.4) is 0 Å². The Labute approximate surface area is 91.8 Å². The van der Waals surface area contributed by atoms with Crippen molar-refractivity contribution in [1.82, 2.24) is 10.6 Å². The molecule has 0 saturated carbocycles. The third-order valence-corrected chi connectivity index (χ3v) is 3.08. The predicted octanol–water partition coefficient (Wildman–Crippen LogP) is 0.668. The van der Waals surface area contributed by atoms with Crippen LogP contribution in [-0.2, 0) is 9.53 Å². The number of amides is 1. The van der Waals surface area contributed by atoms with E-state index in [1.165, 1.54) is 0 Å². The lowest BCUT2D eigenvalue weighted by atomic mass is 10.1. The summed E-state index contributed by atoms with van der Waals surface area (Å²) in [6.07, 6.45) is 3.23. The van der Waals surface area contributed by atoms with E-state index in [1.807, 2.05) is 13.8 Å². The van der Waals surface area contributed by atoms with E-state index >= 15 is 0 Å². The van der Waals surface area contributed by atoms with Crippen molar-refractivity contribution in [3.63, 3.8) is 0 Å². The predicted molar refractivity (Wildman–Crippen MR) is 59.7 cm³/mol. The van der Waals surface area contributed by atoms with Crippen LogP contribution in [0.5, 0.6) is 0 Å². The molecule has 0 spiro atoms. The quantitative estimate of drug-likeness (QED) is 0.723. The Morgan fingerprint density at radius 2 is 2.20 bits per heavy atom. The number of nitrogens with one attached hydrogen (secondary N) is 2. The molecule has 4 heteroatoms. The minimum atomic E-state index is -0.0555. The van der Waals surface area contributed by atoms with Gasteiger partial charge in [-0.15, -0.1) is 0 Å². The summed E-state index contributed by atoms with van der Waals surface area (Å²) in [6.45, 7) is 4.86. The fraction of sp³-hybridized carbons (Fsp3) is 0.909. The summed E-state index contributed by atoms with van der Waals surface area (Å²) in [5, 5.41) is 6.24.